The molecule has 19 heavy (non-hydrogen) atoms. The molecule has 2 rings (SSSR count). The summed E-state index contributed by atoms with van der Waals surface area (Å²) in [7, 11) is 0. The number of nitrogens with two attached hydrogens (primary N) is 1. The van der Waals surface area contributed by atoms with Gasteiger partial charge in [0, 0.05) is 5.02 Å². The smallest absolute Gasteiger partial charge is 0.0551 e. The van der Waals surface area contributed by atoms with Gasteiger partial charge in [-0.1, -0.05) is 61.8 Å². The molecule has 1 unspecified atom stereocenters. The van der Waals surface area contributed by atoms with E-state index in [1.807, 2.05) is 24.3 Å². The molecule has 0 amide bonds. The van der Waals surface area contributed by atoms with Crippen molar-refractivity contribution in [2.75, 3.05) is 0 Å². The molecular formula is C16H19Cl2N. The van der Waals surface area contributed by atoms with Gasteiger partial charge in [-0.3, -0.25) is 0 Å². The van der Waals surface area contributed by atoms with Crippen molar-refractivity contribution >= 4 is 24.0 Å². The first kappa shape index (κ1) is 16.0. The Bertz CT molecular complexity index is 521. The highest BCUT2D eigenvalue weighted by molar-refractivity contribution is 6.30. The SMILES string of the molecule is CC(C)c1cccc(C(N)c2ccc(Cl)cc2)c1.Cl. The maximum absolute atomic E-state index is 6.29. The molecule has 2 aromatic carbocycles. The summed E-state index contributed by atoms with van der Waals surface area (Å²) in [6.07, 6.45) is 0. The van der Waals surface area contributed by atoms with Crippen molar-refractivity contribution < 1.29 is 0 Å². The fraction of sp³-hybridized carbons (Fsp3) is 0.250. The highest BCUT2D eigenvalue weighted by Crippen LogP contribution is 2.24. The summed E-state index contributed by atoms with van der Waals surface area (Å²) in [5.41, 5.74) is 9.83. The van der Waals surface area contributed by atoms with Gasteiger partial charge in [0.15, 0.2) is 0 Å². The Morgan fingerprint density at radius 1 is 0.895 bits per heavy atom. The van der Waals surface area contributed by atoms with E-state index in [-0.39, 0.29) is 18.4 Å². The van der Waals surface area contributed by atoms with Gasteiger partial charge in [0.2, 0.25) is 0 Å². The minimum Gasteiger partial charge on any atom is -0.320 e. The van der Waals surface area contributed by atoms with Gasteiger partial charge in [0.1, 0.15) is 0 Å². The fourth-order valence-electron chi connectivity index (χ4n) is 1.97. The average molecular weight is 296 g/mol. The van der Waals surface area contributed by atoms with Crippen LogP contribution in [-0.2, 0) is 0 Å². The van der Waals surface area contributed by atoms with Gasteiger partial charge in [-0.2, -0.15) is 0 Å². The summed E-state index contributed by atoms with van der Waals surface area (Å²) >= 11 is 5.89. The van der Waals surface area contributed by atoms with Crippen LogP contribution in [0, 0.1) is 0 Å². The van der Waals surface area contributed by atoms with Crippen LogP contribution in [-0.4, -0.2) is 0 Å². The maximum Gasteiger partial charge on any atom is 0.0551 e. The second kappa shape index (κ2) is 6.95. The predicted octanol–water partition coefficient (Wildman–Crippen LogP) is 4.93. The number of halogens is 2. The monoisotopic (exact) mass is 295 g/mol. The third-order valence-corrected chi connectivity index (χ3v) is 3.42. The summed E-state index contributed by atoms with van der Waals surface area (Å²) in [6, 6.07) is 16.1. The van der Waals surface area contributed by atoms with E-state index >= 15 is 0 Å². The summed E-state index contributed by atoms with van der Waals surface area (Å²) in [5, 5.41) is 0.738. The van der Waals surface area contributed by atoms with Gasteiger partial charge >= 0.3 is 0 Å². The Kier molecular flexibility index (Phi) is 5.86. The van der Waals surface area contributed by atoms with Crippen molar-refractivity contribution in [1.29, 1.82) is 0 Å². The largest absolute Gasteiger partial charge is 0.320 e. The van der Waals surface area contributed by atoms with Gasteiger partial charge in [-0.05, 0) is 34.7 Å². The van der Waals surface area contributed by atoms with E-state index in [1.165, 1.54) is 5.56 Å². The molecule has 102 valence electrons. The van der Waals surface area contributed by atoms with Crippen molar-refractivity contribution in [3.63, 3.8) is 0 Å². The molecule has 0 saturated carbocycles. The van der Waals surface area contributed by atoms with Crippen LogP contribution >= 0.6 is 24.0 Å². The van der Waals surface area contributed by atoms with Crippen LogP contribution in [0.25, 0.3) is 0 Å². The molecule has 0 aliphatic rings. The molecular weight excluding hydrogens is 277 g/mol. The predicted molar refractivity (Wildman–Crippen MR) is 85.3 cm³/mol. The van der Waals surface area contributed by atoms with Crippen LogP contribution in [0.1, 0.15) is 42.5 Å². The van der Waals surface area contributed by atoms with E-state index in [1.54, 1.807) is 0 Å². The first-order valence-corrected chi connectivity index (χ1v) is 6.56. The first-order valence-electron chi connectivity index (χ1n) is 6.19. The van der Waals surface area contributed by atoms with Crippen LogP contribution in [0.5, 0.6) is 0 Å². The van der Waals surface area contributed by atoms with Crippen molar-refractivity contribution in [1.82, 2.24) is 0 Å². The van der Waals surface area contributed by atoms with Gasteiger partial charge in [-0.15, -0.1) is 12.4 Å². The Balaban J connectivity index is 0.00000180. The summed E-state index contributed by atoms with van der Waals surface area (Å²) in [4.78, 5) is 0. The lowest BCUT2D eigenvalue weighted by Gasteiger charge is -2.15. The summed E-state index contributed by atoms with van der Waals surface area (Å²) in [6.45, 7) is 4.37. The number of rotatable bonds is 3. The zero-order valence-electron chi connectivity index (χ0n) is 11.1. The minimum absolute atomic E-state index is 0. The Morgan fingerprint density at radius 3 is 2.05 bits per heavy atom. The highest BCUT2D eigenvalue weighted by atomic mass is 35.5. The quantitative estimate of drug-likeness (QED) is 0.853. The third kappa shape index (κ3) is 3.97. The van der Waals surface area contributed by atoms with Crippen LogP contribution in [0.3, 0.4) is 0 Å². The van der Waals surface area contributed by atoms with Crippen molar-refractivity contribution in [2.45, 2.75) is 25.8 Å². The molecule has 1 nitrogen and oxygen atoms in total. The van der Waals surface area contributed by atoms with Crippen LogP contribution in [0.2, 0.25) is 5.02 Å². The lowest BCUT2D eigenvalue weighted by Crippen LogP contribution is -2.12. The van der Waals surface area contributed by atoms with E-state index < -0.39 is 0 Å². The lowest BCUT2D eigenvalue weighted by molar-refractivity contribution is 0.837. The molecule has 2 aromatic rings. The Hall–Kier alpha value is -1.02. The van der Waals surface area contributed by atoms with E-state index in [4.69, 9.17) is 17.3 Å². The topological polar surface area (TPSA) is 26.0 Å². The second-order valence-electron chi connectivity index (χ2n) is 4.85. The molecule has 0 spiro atoms. The molecule has 3 heteroatoms. The fourth-order valence-corrected chi connectivity index (χ4v) is 2.10. The van der Waals surface area contributed by atoms with Gasteiger partial charge in [0.05, 0.1) is 6.04 Å². The van der Waals surface area contributed by atoms with Crippen molar-refractivity contribution in [3.8, 4) is 0 Å². The van der Waals surface area contributed by atoms with E-state index in [2.05, 4.69) is 38.1 Å². The van der Waals surface area contributed by atoms with Gasteiger partial charge in [0.25, 0.3) is 0 Å². The molecule has 0 bridgehead atoms. The Labute approximate surface area is 126 Å². The molecule has 0 aliphatic carbocycles. The molecule has 0 heterocycles. The molecule has 0 fully saturated rings. The van der Waals surface area contributed by atoms with Crippen LogP contribution in [0.4, 0.5) is 0 Å². The summed E-state index contributed by atoms with van der Waals surface area (Å²) in [5.74, 6) is 0.516. The molecule has 2 N–H and O–H groups in total. The average Bonchev–Trinajstić information content (AvgIpc) is 2.39. The van der Waals surface area contributed by atoms with E-state index in [0.29, 0.717) is 5.92 Å². The molecule has 1 atom stereocenters. The van der Waals surface area contributed by atoms with Crippen LogP contribution in [0.15, 0.2) is 48.5 Å². The highest BCUT2D eigenvalue weighted by Gasteiger charge is 2.10. The van der Waals surface area contributed by atoms with E-state index in [9.17, 15) is 0 Å². The molecule has 0 saturated heterocycles. The number of hydrogen-bond acceptors (Lipinski definition) is 1. The standard InChI is InChI=1S/C16H18ClN.ClH/c1-11(2)13-4-3-5-14(10-13)16(18)12-6-8-15(17)9-7-12;/h3-11,16H,18H2,1-2H3;1H. The van der Waals surface area contributed by atoms with Crippen molar-refractivity contribution in [3.05, 3.63) is 70.2 Å². The third-order valence-electron chi connectivity index (χ3n) is 3.17. The van der Waals surface area contributed by atoms with Gasteiger partial charge < -0.3 is 5.73 Å². The normalized spacial score (nSPS) is 12.1. The zero-order valence-corrected chi connectivity index (χ0v) is 12.7. The minimum atomic E-state index is -0.0963. The summed E-state index contributed by atoms with van der Waals surface area (Å²) < 4.78 is 0. The zero-order chi connectivity index (χ0) is 13.1. The molecule has 0 radical (unpaired) electrons. The molecule has 0 aromatic heterocycles. The Morgan fingerprint density at radius 2 is 1.47 bits per heavy atom. The molecule has 0 aliphatic heterocycles. The second-order valence-corrected chi connectivity index (χ2v) is 5.29. The number of hydrogen-bond donors (Lipinski definition) is 1. The van der Waals surface area contributed by atoms with Crippen LogP contribution < -0.4 is 5.73 Å². The maximum atomic E-state index is 6.29. The van der Waals surface area contributed by atoms with E-state index in [0.717, 1.165) is 16.1 Å². The number of benzene rings is 2. The first-order chi connectivity index (χ1) is 8.58. The lowest BCUT2D eigenvalue weighted by atomic mass is 9.95. The van der Waals surface area contributed by atoms with Crippen molar-refractivity contribution in [2.24, 2.45) is 5.73 Å². The van der Waals surface area contributed by atoms with Gasteiger partial charge in [-0.25, -0.2) is 0 Å².